The summed E-state index contributed by atoms with van der Waals surface area (Å²) in [5, 5.41) is 21.4. The molecule has 35 heavy (non-hydrogen) atoms. The van der Waals surface area contributed by atoms with Gasteiger partial charge in [0.05, 0.1) is 6.61 Å². The van der Waals surface area contributed by atoms with Crippen LogP contribution in [0.25, 0.3) is 0 Å². The van der Waals surface area contributed by atoms with Gasteiger partial charge in [-0.05, 0) is 75.3 Å². The minimum atomic E-state index is -1.36. The van der Waals surface area contributed by atoms with Crippen LogP contribution in [0.2, 0.25) is 0 Å². The molecule has 1 saturated carbocycles. The Hall–Kier alpha value is -3.55. The summed E-state index contributed by atoms with van der Waals surface area (Å²) in [6.45, 7) is 3.00. The van der Waals surface area contributed by atoms with Gasteiger partial charge < -0.3 is 25.0 Å². The van der Waals surface area contributed by atoms with E-state index >= 15 is 0 Å². The normalized spacial score (nSPS) is 18.8. The molecule has 1 aliphatic rings. The maximum atomic E-state index is 12.7. The lowest BCUT2D eigenvalue weighted by atomic mass is 9.78. The van der Waals surface area contributed by atoms with Crippen molar-refractivity contribution < 1.29 is 34.1 Å². The Bertz CT molecular complexity index is 996. The van der Waals surface area contributed by atoms with E-state index in [1.54, 1.807) is 24.3 Å². The molecular formula is C27H33NO7. The highest BCUT2D eigenvalue weighted by atomic mass is 16.5. The lowest BCUT2D eigenvalue weighted by molar-refractivity contribution is -0.152. The number of nitrogens with one attached hydrogen (secondary N) is 1. The average Bonchev–Trinajstić information content (AvgIpc) is 2.84. The highest BCUT2D eigenvalue weighted by Gasteiger charge is 2.30. The average molecular weight is 484 g/mol. The van der Waals surface area contributed by atoms with Gasteiger partial charge in [-0.25, -0.2) is 9.59 Å². The van der Waals surface area contributed by atoms with Crippen LogP contribution in [0.4, 0.5) is 0 Å². The predicted molar refractivity (Wildman–Crippen MR) is 130 cm³/mol. The Kier molecular flexibility index (Phi) is 8.73. The van der Waals surface area contributed by atoms with E-state index in [0.29, 0.717) is 17.4 Å². The fraction of sp³-hybridized carbons (Fsp3) is 0.444. The monoisotopic (exact) mass is 483 g/mol. The zero-order valence-electron chi connectivity index (χ0n) is 20.1. The maximum absolute atomic E-state index is 12.7. The number of aliphatic carboxylic acids is 2. The lowest BCUT2D eigenvalue weighted by Gasteiger charge is -2.29. The minimum Gasteiger partial charge on any atom is -0.493 e. The number of rotatable bonds is 11. The van der Waals surface area contributed by atoms with Crippen LogP contribution in [-0.4, -0.2) is 46.3 Å². The van der Waals surface area contributed by atoms with Gasteiger partial charge in [0.15, 0.2) is 5.60 Å². The number of benzene rings is 2. The molecule has 0 aliphatic heterocycles. The van der Waals surface area contributed by atoms with Crippen LogP contribution in [0.5, 0.6) is 11.5 Å². The zero-order valence-corrected chi connectivity index (χ0v) is 20.1. The second-order valence-electron chi connectivity index (χ2n) is 9.38. The van der Waals surface area contributed by atoms with E-state index in [2.05, 4.69) is 17.4 Å². The number of carbonyl (C=O) groups is 3. The first-order chi connectivity index (χ1) is 16.7. The van der Waals surface area contributed by atoms with Crippen LogP contribution in [0.1, 0.15) is 57.4 Å². The number of hydrogen-bond donors (Lipinski definition) is 3. The molecule has 1 amide bonds. The number of hydrogen-bond acceptors (Lipinski definition) is 5. The Labute approximate surface area is 205 Å². The second kappa shape index (κ2) is 11.7. The molecule has 8 heteroatoms. The molecule has 8 nitrogen and oxygen atoms in total. The first kappa shape index (κ1) is 26.1. The summed E-state index contributed by atoms with van der Waals surface area (Å²) in [5.41, 5.74) is -0.0760. The van der Waals surface area contributed by atoms with Gasteiger partial charge in [0.25, 0.3) is 0 Å². The van der Waals surface area contributed by atoms with Crippen molar-refractivity contribution in [3.63, 3.8) is 0 Å². The quantitative estimate of drug-likeness (QED) is 0.437. The molecule has 1 aliphatic carbocycles. The summed E-state index contributed by atoms with van der Waals surface area (Å²) in [5.74, 6) is -1.27. The van der Waals surface area contributed by atoms with Crippen molar-refractivity contribution in [2.45, 2.75) is 63.5 Å². The molecule has 0 radical (unpaired) electrons. The minimum absolute atomic E-state index is 0.0960. The summed E-state index contributed by atoms with van der Waals surface area (Å²) >= 11 is 0. The largest absolute Gasteiger partial charge is 0.493 e. The SMILES string of the molecule is CC(C)(Oc1ccc(OCCC(NC(=O)C2CCC(c3ccccc3)CC2)C(=O)O)cc1)C(=O)O. The third-order valence-corrected chi connectivity index (χ3v) is 6.37. The molecular weight excluding hydrogens is 450 g/mol. The molecule has 1 unspecified atom stereocenters. The van der Waals surface area contributed by atoms with Gasteiger partial charge in [-0.1, -0.05) is 30.3 Å². The van der Waals surface area contributed by atoms with Gasteiger partial charge in [0.2, 0.25) is 5.91 Å². The van der Waals surface area contributed by atoms with E-state index in [1.165, 1.54) is 19.4 Å². The Morgan fingerprint density at radius 2 is 1.54 bits per heavy atom. The van der Waals surface area contributed by atoms with Crippen molar-refractivity contribution in [1.29, 1.82) is 0 Å². The molecule has 0 aromatic heterocycles. The molecule has 188 valence electrons. The standard InChI is InChI=1S/C27H33NO7/c1-27(2,26(32)33)35-22-14-12-21(13-15-22)34-17-16-23(25(30)31)28-24(29)20-10-8-19(9-11-20)18-6-4-3-5-7-18/h3-7,12-15,19-20,23H,8-11,16-17H2,1-2H3,(H,28,29)(H,30,31)(H,32,33). The van der Waals surface area contributed by atoms with E-state index in [9.17, 15) is 19.5 Å². The summed E-state index contributed by atoms with van der Waals surface area (Å²) in [4.78, 5) is 35.6. The van der Waals surface area contributed by atoms with E-state index < -0.39 is 23.6 Å². The van der Waals surface area contributed by atoms with Crippen LogP contribution >= 0.6 is 0 Å². The van der Waals surface area contributed by atoms with Crippen LogP contribution in [0.15, 0.2) is 54.6 Å². The number of carboxylic acid groups (broad SMARTS) is 2. The van der Waals surface area contributed by atoms with Crippen LogP contribution in [-0.2, 0) is 14.4 Å². The molecule has 2 aromatic rings. The molecule has 3 N–H and O–H groups in total. The van der Waals surface area contributed by atoms with Crippen molar-refractivity contribution in [2.75, 3.05) is 6.61 Å². The molecule has 1 atom stereocenters. The van der Waals surface area contributed by atoms with Gasteiger partial charge in [-0.2, -0.15) is 0 Å². The third kappa shape index (κ3) is 7.47. The number of amides is 1. The van der Waals surface area contributed by atoms with Crippen molar-refractivity contribution in [1.82, 2.24) is 5.32 Å². The van der Waals surface area contributed by atoms with E-state index in [-0.39, 0.29) is 24.9 Å². The van der Waals surface area contributed by atoms with E-state index in [0.717, 1.165) is 25.7 Å². The summed E-state index contributed by atoms with van der Waals surface area (Å²) < 4.78 is 11.1. The Balaban J connectivity index is 1.44. The maximum Gasteiger partial charge on any atom is 0.347 e. The first-order valence-electron chi connectivity index (χ1n) is 11.9. The van der Waals surface area contributed by atoms with Crippen molar-refractivity contribution in [2.24, 2.45) is 5.92 Å². The second-order valence-corrected chi connectivity index (χ2v) is 9.38. The fourth-order valence-corrected chi connectivity index (χ4v) is 4.20. The summed E-state index contributed by atoms with van der Waals surface area (Å²) in [7, 11) is 0. The Morgan fingerprint density at radius 3 is 2.11 bits per heavy atom. The molecule has 0 saturated heterocycles. The van der Waals surface area contributed by atoms with Gasteiger partial charge in [-0.3, -0.25) is 4.79 Å². The number of carboxylic acids is 2. The smallest absolute Gasteiger partial charge is 0.347 e. The van der Waals surface area contributed by atoms with Crippen LogP contribution in [0.3, 0.4) is 0 Å². The van der Waals surface area contributed by atoms with Crippen molar-refractivity contribution >= 4 is 17.8 Å². The highest BCUT2D eigenvalue weighted by molar-refractivity contribution is 5.85. The van der Waals surface area contributed by atoms with E-state index in [1.807, 2.05) is 18.2 Å². The van der Waals surface area contributed by atoms with E-state index in [4.69, 9.17) is 14.6 Å². The number of ether oxygens (including phenoxy) is 2. The molecule has 3 rings (SSSR count). The summed E-state index contributed by atoms with van der Waals surface area (Å²) in [6, 6.07) is 15.6. The van der Waals surface area contributed by atoms with Crippen molar-refractivity contribution in [3.8, 4) is 11.5 Å². The molecule has 2 aromatic carbocycles. The predicted octanol–water partition coefficient (Wildman–Crippen LogP) is 4.24. The number of carbonyl (C=O) groups excluding carboxylic acids is 1. The third-order valence-electron chi connectivity index (χ3n) is 6.37. The first-order valence-corrected chi connectivity index (χ1v) is 11.9. The highest BCUT2D eigenvalue weighted by Crippen LogP contribution is 2.35. The molecule has 0 spiro atoms. The van der Waals surface area contributed by atoms with Gasteiger partial charge in [-0.15, -0.1) is 0 Å². The van der Waals surface area contributed by atoms with Crippen LogP contribution in [0, 0.1) is 5.92 Å². The topological polar surface area (TPSA) is 122 Å². The van der Waals surface area contributed by atoms with Gasteiger partial charge in [0.1, 0.15) is 17.5 Å². The van der Waals surface area contributed by atoms with Crippen molar-refractivity contribution in [3.05, 3.63) is 60.2 Å². The lowest BCUT2D eigenvalue weighted by Crippen LogP contribution is -2.45. The van der Waals surface area contributed by atoms with Gasteiger partial charge >= 0.3 is 11.9 Å². The van der Waals surface area contributed by atoms with Gasteiger partial charge in [0, 0.05) is 12.3 Å². The summed E-state index contributed by atoms with van der Waals surface area (Å²) in [6.07, 6.45) is 3.41. The molecule has 1 fully saturated rings. The zero-order chi connectivity index (χ0) is 25.4. The molecule has 0 bridgehead atoms. The van der Waals surface area contributed by atoms with Crippen LogP contribution < -0.4 is 14.8 Å². The molecule has 0 heterocycles. The fourth-order valence-electron chi connectivity index (χ4n) is 4.20. The Morgan fingerprint density at radius 1 is 0.943 bits per heavy atom.